The first kappa shape index (κ1) is 21.6. The molecule has 31 heavy (non-hydrogen) atoms. The van der Waals surface area contributed by atoms with Crippen LogP contribution in [0.25, 0.3) is 11.8 Å². The highest BCUT2D eigenvalue weighted by molar-refractivity contribution is 6.09. The number of ether oxygens (including phenoxy) is 1. The Morgan fingerprint density at radius 3 is 2.48 bits per heavy atom. The van der Waals surface area contributed by atoms with Crippen molar-refractivity contribution in [3.63, 3.8) is 0 Å². The molecule has 6 heteroatoms. The fraction of sp³-hybridized carbons (Fsp3) is 0.160. The van der Waals surface area contributed by atoms with Crippen LogP contribution in [-0.4, -0.2) is 23.6 Å². The summed E-state index contributed by atoms with van der Waals surface area (Å²) in [6.45, 7) is 5.70. The lowest BCUT2D eigenvalue weighted by Gasteiger charge is -2.13. The fourth-order valence-electron chi connectivity index (χ4n) is 3.48. The molecular formula is C25H23N3O3. The second-order valence-electron chi connectivity index (χ2n) is 7.16. The summed E-state index contributed by atoms with van der Waals surface area (Å²) >= 11 is 0. The molecule has 0 unspecified atom stereocenters. The average molecular weight is 413 g/mol. The summed E-state index contributed by atoms with van der Waals surface area (Å²) in [6, 6.07) is 18.4. The molecule has 6 nitrogen and oxygen atoms in total. The molecule has 2 aromatic carbocycles. The Morgan fingerprint density at radius 2 is 1.81 bits per heavy atom. The molecule has 156 valence electrons. The molecule has 0 radical (unpaired) electrons. The number of methoxy groups -OCH3 is 1. The van der Waals surface area contributed by atoms with E-state index < -0.39 is 11.9 Å². The van der Waals surface area contributed by atoms with Gasteiger partial charge in [-0.15, -0.1) is 0 Å². The summed E-state index contributed by atoms with van der Waals surface area (Å²) in [5, 5.41) is 12.3. The van der Waals surface area contributed by atoms with E-state index in [0.29, 0.717) is 22.5 Å². The molecule has 0 saturated carbocycles. The van der Waals surface area contributed by atoms with Gasteiger partial charge in [-0.3, -0.25) is 4.79 Å². The third kappa shape index (κ3) is 4.57. The minimum Gasteiger partial charge on any atom is -0.465 e. The van der Waals surface area contributed by atoms with E-state index in [1.54, 1.807) is 24.3 Å². The van der Waals surface area contributed by atoms with Crippen molar-refractivity contribution in [2.45, 2.75) is 20.8 Å². The predicted molar refractivity (Wildman–Crippen MR) is 120 cm³/mol. The first-order valence-electron chi connectivity index (χ1n) is 9.72. The van der Waals surface area contributed by atoms with E-state index in [2.05, 4.69) is 5.32 Å². The number of hydrogen-bond acceptors (Lipinski definition) is 4. The number of carbonyl (C=O) groups excluding carboxylic acids is 2. The molecule has 3 aromatic rings. The van der Waals surface area contributed by atoms with Crippen LogP contribution >= 0.6 is 0 Å². The number of carbonyl (C=O) groups is 2. The van der Waals surface area contributed by atoms with Crippen LogP contribution in [0.1, 0.15) is 32.9 Å². The van der Waals surface area contributed by atoms with Crippen LogP contribution in [0.3, 0.4) is 0 Å². The van der Waals surface area contributed by atoms with Crippen molar-refractivity contribution in [2.75, 3.05) is 12.4 Å². The lowest BCUT2D eigenvalue weighted by atomic mass is 10.1. The van der Waals surface area contributed by atoms with Gasteiger partial charge in [0.1, 0.15) is 11.6 Å². The van der Waals surface area contributed by atoms with Crippen molar-refractivity contribution in [3.05, 3.63) is 88.2 Å². The summed E-state index contributed by atoms with van der Waals surface area (Å²) in [7, 11) is 1.34. The van der Waals surface area contributed by atoms with Gasteiger partial charge < -0.3 is 14.6 Å². The van der Waals surface area contributed by atoms with Gasteiger partial charge >= 0.3 is 5.97 Å². The standard InChI is InChI=1S/C25H23N3O3/c1-16-8-7-9-21(12-16)27-24(29)20(15-26)14-19-13-17(2)28(18(19)3)23-11-6-5-10-22(23)25(30)31-4/h5-14H,1-4H3,(H,27,29)/b20-14-. The highest BCUT2D eigenvalue weighted by Gasteiger charge is 2.18. The zero-order chi connectivity index (χ0) is 22.5. The Kier molecular flexibility index (Phi) is 6.37. The number of para-hydroxylation sites is 1. The summed E-state index contributed by atoms with van der Waals surface area (Å²) < 4.78 is 6.81. The molecule has 0 aliphatic heterocycles. The van der Waals surface area contributed by atoms with Crippen LogP contribution < -0.4 is 5.32 Å². The molecule has 0 bridgehead atoms. The first-order chi connectivity index (χ1) is 14.8. The number of rotatable bonds is 5. The van der Waals surface area contributed by atoms with Crippen molar-refractivity contribution in [2.24, 2.45) is 0 Å². The van der Waals surface area contributed by atoms with Gasteiger partial charge in [0.2, 0.25) is 0 Å². The molecule has 1 N–H and O–H groups in total. The van der Waals surface area contributed by atoms with Gasteiger partial charge in [-0.25, -0.2) is 4.79 Å². The number of hydrogen-bond donors (Lipinski definition) is 1. The van der Waals surface area contributed by atoms with E-state index in [1.807, 2.05) is 67.8 Å². The van der Waals surface area contributed by atoms with Gasteiger partial charge in [0.05, 0.1) is 18.4 Å². The molecule has 3 rings (SSSR count). The first-order valence-corrected chi connectivity index (χ1v) is 9.72. The van der Waals surface area contributed by atoms with Crippen molar-refractivity contribution < 1.29 is 14.3 Å². The maximum absolute atomic E-state index is 12.6. The number of aromatic nitrogens is 1. The van der Waals surface area contributed by atoms with E-state index in [-0.39, 0.29) is 5.57 Å². The highest BCUT2D eigenvalue weighted by atomic mass is 16.5. The quantitative estimate of drug-likeness (QED) is 0.372. The second kappa shape index (κ2) is 9.14. The van der Waals surface area contributed by atoms with E-state index >= 15 is 0 Å². The largest absolute Gasteiger partial charge is 0.465 e. The van der Waals surface area contributed by atoms with Gasteiger partial charge in [-0.2, -0.15) is 5.26 Å². The maximum atomic E-state index is 12.6. The Hall–Kier alpha value is -4.11. The molecule has 0 fully saturated rings. The average Bonchev–Trinajstić information content (AvgIpc) is 3.04. The normalized spacial score (nSPS) is 11.0. The molecule has 0 saturated heterocycles. The number of benzene rings is 2. The topological polar surface area (TPSA) is 84.1 Å². The van der Waals surface area contributed by atoms with Crippen molar-refractivity contribution in [1.29, 1.82) is 5.26 Å². The molecule has 1 heterocycles. The van der Waals surface area contributed by atoms with Crippen molar-refractivity contribution >= 4 is 23.6 Å². The zero-order valence-corrected chi connectivity index (χ0v) is 17.9. The molecule has 1 amide bonds. The van der Waals surface area contributed by atoms with Gasteiger partial charge in [-0.05, 0) is 68.3 Å². The Morgan fingerprint density at radius 1 is 1.06 bits per heavy atom. The van der Waals surface area contributed by atoms with E-state index in [4.69, 9.17) is 4.74 Å². The van der Waals surface area contributed by atoms with Crippen LogP contribution in [0.5, 0.6) is 0 Å². The van der Waals surface area contributed by atoms with E-state index in [9.17, 15) is 14.9 Å². The Bertz CT molecular complexity index is 1230. The summed E-state index contributed by atoms with van der Waals surface area (Å²) in [5.74, 6) is -0.914. The van der Waals surface area contributed by atoms with Crippen LogP contribution in [0.15, 0.2) is 60.2 Å². The van der Waals surface area contributed by atoms with Gasteiger partial charge in [-0.1, -0.05) is 24.3 Å². The number of nitrogens with one attached hydrogen (secondary N) is 1. The monoisotopic (exact) mass is 413 g/mol. The number of nitrogens with zero attached hydrogens (tertiary/aromatic N) is 2. The Balaban J connectivity index is 2.00. The maximum Gasteiger partial charge on any atom is 0.339 e. The van der Waals surface area contributed by atoms with Crippen molar-refractivity contribution in [3.8, 4) is 11.8 Å². The highest BCUT2D eigenvalue weighted by Crippen LogP contribution is 2.26. The van der Waals surface area contributed by atoms with Crippen molar-refractivity contribution in [1.82, 2.24) is 4.57 Å². The molecule has 0 aliphatic carbocycles. The summed E-state index contributed by atoms with van der Waals surface area (Å²) in [5.41, 5.74) is 5.10. The lowest BCUT2D eigenvalue weighted by Crippen LogP contribution is -2.13. The molecular weight excluding hydrogens is 390 g/mol. The minimum absolute atomic E-state index is 0.0111. The zero-order valence-electron chi connectivity index (χ0n) is 17.9. The van der Waals surface area contributed by atoms with Gasteiger partial charge in [0, 0.05) is 17.1 Å². The molecule has 0 aliphatic rings. The number of aryl methyl sites for hydroxylation is 2. The predicted octanol–water partition coefficient (Wildman–Crippen LogP) is 4.73. The third-order valence-corrected chi connectivity index (χ3v) is 4.96. The van der Waals surface area contributed by atoms with Crippen LogP contribution in [0.4, 0.5) is 5.69 Å². The van der Waals surface area contributed by atoms with Gasteiger partial charge in [0.15, 0.2) is 0 Å². The third-order valence-electron chi connectivity index (χ3n) is 4.96. The number of amides is 1. The SMILES string of the molecule is COC(=O)c1ccccc1-n1c(C)cc(/C=C(/C#N)C(=O)Nc2cccc(C)c2)c1C. The molecule has 0 atom stereocenters. The number of anilines is 1. The van der Waals surface area contributed by atoms with Crippen LogP contribution in [0.2, 0.25) is 0 Å². The lowest BCUT2D eigenvalue weighted by molar-refractivity contribution is -0.112. The van der Waals surface area contributed by atoms with Crippen LogP contribution in [-0.2, 0) is 9.53 Å². The minimum atomic E-state index is -0.479. The fourth-order valence-corrected chi connectivity index (χ4v) is 3.48. The summed E-state index contributed by atoms with van der Waals surface area (Å²) in [6.07, 6.45) is 1.56. The second-order valence-corrected chi connectivity index (χ2v) is 7.16. The van der Waals surface area contributed by atoms with Gasteiger partial charge in [0.25, 0.3) is 5.91 Å². The number of esters is 1. The summed E-state index contributed by atoms with van der Waals surface area (Å²) in [4.78, 5) is 24.8. The molecule has 1 aromatic heterocycles. The Labute approximate surface area is 181 Å². The smallest absolute Gasteiger partial charge is 0.339 e. The van der Waals surface area contributed by atoms with E-state index in [1.165, 1.54) is 7.11 Å². The van der Waals surface area contributed by atoms with Crippen LogP contribution in [0, 0.1) is 32.1 Å². The van der Waals surface area contributed by atoms with E-state index in [0.717, 1.165) is 17.0 Å². The number of nitriles is 1. The molecule has 0 spiro atoms.